The molecule has 6 heteroatoms. The van der Waals surface area contributed by atoms with Gasteiger partial charge in [-0.2, -0.15) is 13.2 Å². The second-order valence-electron chi connectivity index (χ2n) is 5.42. The number of hydrogen-bond acceptors (Lipinski definition) is 1. The highest BCUT2D eigenvalue weighted by Crippen LogP contribution is 2.40. The fourth-order valence-corrected chi connectivity index (χ4v) is 3.04. The van der Waals surface area contributed by atoms with Gasteiger partial charge in [-0.15, -0.1) is 0 Å². The lowest BCUT2D eigenvalue weighted by molar-refractivity contribution is -0.187. The molecule has 1 saturated carbocycles. The number of halogens is 4. The largest absolute Gasteiger partial charge is 0.391 e. The third-order valence-electron chi connectivity index (χ3n) is 3.72. The topological polar surface area (TPSA) is 20.3 Å². The molecule has 0 saturated heterocycles. The molecule has 0 N–H and O–H groups in total. The van der Waals surface area contributed by atoms with Gasteiger partial charge >= 0.3 is 6.18 Å². The first-order valence-electron chi connectivity index (χ1n) is 6.70. The van der Waals surface area contributed by atoms with E-state index in [-0.39, 0.29) is 24.8 Å². The van der Waals surface area contributed by atoms with E-state index in [1.165, 1.54) is 0 Å². The second kappa shape index (κ2) is 6.95. The average Bonchev–Trinajstić information content (AvgIpc) is 2.34. The van der Waals surface area contributed by atoms with Crippen molar-refractivity contribution in [2.45, 2.75) is 51.7 Å². The van der Waals surface area contributed by atoms with Gasteiger partial charge < -0.3 is 4.90 Å². The van der Waals surface area contributed by atoms with Crippen LogP contribution in [0.4, 0.5) is 13.2 Å². The van der Waals surface area contributed by atoms with Crippen molar-refractivity contribution in [3.63, 3.8) is 0 Å². The molecule has 0 aliphatic heterocycles. The second-order valence-corrected chi connectivity index (χ2v) is 6.21. The lowest BCUT2D eigenvalue weighted by atomic mass is 9.80. The zero-order valence-corrected chi connectivity index (χ0v) is 12.9. The molecule has 2 nitrogen and oxygen atoms in total. The number of rotatable bonds is 4. The summed E-state index contributed by atoms with van der Waals surface area (Å²) >= 11 is 3.28. The van der Waals surface area contributed by atoms with Gasteiger partial charge in [0, 0.05) is 23.8 Å². The van der Waals surface area contributed by atoms with Crippen LogP contribution in [0.2, 0.25) is 0 Å². The Balaban J connectivity index is 2.70. The molecule has 19 heavy (non-hydrogen) atoms. The molecule has 0 spiro atoms. The number of alkyl halides is 4. The zero-order chi connectivity index (χ0) is 14.6. The molecule has 0 aromatic heterocycles. The average molecular weight is 344 g/mol. The van der Waals surface area contributed by atoms with E-state index in [1.54, 1.807) is 4.90 Å². The van der Waals surface area contributed by atoms with E-state index in [9.17, 15) is 18.0 Å². The van der Waals surface area contributed by atoms with Crippen LogP contribution in [0.3, 0.4) is 0 Å². The first-order chi connectivity index (χ1) is 8.77. The van der Waals surface area contributed by atoms with Gasteiger partial charge in [-0.1, -0.05) is 22.4 Å². The van der Waals surface area contributed by atoms with Crippen LogP contribution >= 0.6 is 15.9 Å². The Bertz CT molecular complexity index is 307. The van der Waals surface area contributed by atoms with Crippen LogP contribution < -0.4 is 0 Å². The van der Waals surface area contributed by atoms with E-state index in [1.807, 2.05) is 13.8 Å². The van der Waals surface area contributed by atoms with E-state index in [0.717, 1.165) is 0 Å². The van der Waals surface area contributed by atoms with Crippen molar-refractivity contribution < 1.29 is 18.0 Å². The minimum absolute atomic E-state index is 0.0244. The Morgan fingerprint density at radius 2 is 2.00 bits per heavy atom. The van der Waals surface area contributed by atoms with E-state index < -0.39 is 18.0 Å². The van der Waals surface area contributed by atoms with Crippen LogP contribution in [0.25, 0.3) is 0 Å². The molecular weight excluding hydrogens is 323 g/mol. The highest BCUT2D eigenvalue weighted by molar-refractivity contribution is 9.09. The van der Waals surface area contributed by atoms with Crippen LogP contribution in [0.5, 0.6) is 0 Å². The Kier molecular flexibility index (Phi) is 6.15. The van der Waals surface area contributed by atoms with E-state index in [4.69, 9.17) is 0 Å². The molecule has 0 radical (unpaired) electrons. The van der Waals surface area contributed by atoms with Crippen LogP contribution in [-0.4, -0.2) is 34.9 Å². The zero-order valence-electron chi connectivity index (χ0n) is 11.3. The van der Waals surface area contributed by atoms with Crippen molar-refractivity contribution in [1.29, 1.82) is 0 Å². The molecule has 0 heterocycles. The molecule has 2 atom stereocenters. The third-order valence-corrected chi connectivity index (χ3v) is 4.07. The Labute approximate surface area is 120 Å². The van der Waals surface area contributed by atoms with Crippen molar-refractivity contribution in [3.8, 4) is 0 Å². The highest BCUT2D eigenvalue weighted by Gasteiger charge is 2.44. The molecule has 1 amide bonds. The summed E-state index contributed by atoms with van der Waals surface area (Å²) in [6.07, 6.45) is -2.99. The van der Waals surface area contributed by atoms with E-state index in [2.05, 4.69) is 15.9 Å². The summed E-state index contributed by atoms with van der Waals surface area (Å²) in [5.74, 6) is -1.90. The number of hydrogen-bond donors (Lipinski definition) is 0. The maximum absolute atomic E-state index is 12.8. The summed E-state index contributed by atoms with van der Waals surface area (Å²) in [5.41, 5.74) is 0. The number of carbonyl (C=O) groups excluding carboxylic acids is 1. The van der Waals surface area contributed by atoms with Gasteiger partial charge in [0.05, 0.1) is 5.92 Å². The summed E-state index contributed by atoms with van der Waals surface area (Å²) in [7, 11) is 0. The quantitative estimate of drug-likeness (QED) is 0.707. The third kappa shape index (κ3) is 4.65. The molecule has 112 valence electrons. The van der Waals surface area contributed by atoms with Crippen molar-refractivity contribution in [2.75, 3.05) is 11.9 Å². The monoisotopic (exact) mass is 343 g/mol. The molecular formula is C13H21BrF3NO. The van der Waals surface area contributed by atoms with Gasteiger partial charge in [0.15, 0.2) is 0 Å². The van der Waals surface area contributed by atoms with E-state index in [0.29, 0.717) is 24.7 Å². The van der Waals surface area contributed by atoms with Gasteiger partial charge in [0.25, 0.3) is 0 Å². The smallest absolute Gasteiger partial charge is 0.339 e. The van der Waals surface area contributed by atoms with Crippen LogP contribution in [0, 0.1) is 11.8 Å². The highest BCUT2D eigenvalue weighted by atomic mass is 79.9. The molecule has 0 bridgehead atoms. The van der Waals surface area contributed by atoms with E-state index >= 15 is 0 Å². The summed E-state index contributed by atoms with van der Waals surface area (Å²) in [6.45, 7) is 4.33. The SMILES string of the molecule is CC(C)N(CCBr)C(=O)C1CCCC(C(F)(F)F)C1. The van der Waals surface area contributed by atoms with Gasteiger partial charge in [-0.05, 0) is 33.1 Å². The van der Waals surface area contributed by atoms with Gasteiger partial charge in [0.1, 0.15) is 0 Å². The fourth-order valence-electron chi connectivity index (χ4n) is 2.66. The summed E-state index contributed by atoms with van der Waals surface area (Å²) in [6, 6.07) is 0.0244. The fraction of sp³-hybridized carbons (Fsp3) is 0.923. The molecule has 0 aromatic rings. The van der Waals surface area contributed by atoms with Gasteiger partial charge in [0.2, 0.25) is 5.91 Å². The minimum Gasteiger partial charge on any atom is -0.339 e. The number of amides is 1. The Hall–Kier alpha value is -0.260. The summed E-state index contributed by atoms with van der Waals surface area (Å²) in [4.78, 5) is 14.0. The molecule has 1 aliphatic rings. The predicted octanol–water partition coefficient (Wildman–Crippen LogP) is 3.99. The first kappa shape index (κ1) is 16.8. The first-order valence-corrected chi connectivity index (χ1v) is 7.82. The van der Waals surface area contributed by atoms with Crippen molar-refractivity contribution in [3.05, 3.63) is 0 Å². The summed E-state index contributed by atoms with van der Waals surface area (Å²) in [5, 5.41) is 0.645. The van der Waals surface area contributed by atoms with Crippen molar-refractivity contribution in [2.24, 2.45) is 11.8 Å². The normalized spacial score (nSPS) is 24.6. The Morgan fingerprint density at radius 1 is 1.37 bits per heavy atom. The lowest BCUT2D eigenvalue weighted by Crippen LogP contribution is -2.44. The van der Waals surface area contributed by atoms with Crippen LogP contribution in [0.15, 0.2) is 0 Å². The standard InChI is InChI=1S/C13H21BrF3NO/c1-9(2)18(7-6-14)12(19)10-4-3-5-11(8-10)13(15,16)17/h9-11H,3-8H2,1-2H3. The minimum atomic E-state index is -4.17. The molecule has 2 unspecified atom stereocenters. The maximum atomic E-state index is 12.8. The Morgan fingerprint density at radius 3 is 2.47 bits per heavy atom. The molecule has 0 aromatic carbocycles. The molecule has 1 rings (SSSR count). The maximum Gasteiger partial charge on any atom is 0.391 e. The summed E-state index contributed by atoms with van der Waals surface area (Å²) < 4.78 is 38.3. The van der Waals surface area contributed by atoms with Crippen LogP contribution in [0.1, 0.15) is 39.5 Å². The van der Waals surface area contributed by atoms with Gasteiger partial charge in [-0.3, -0.25) is 4.79 Å². The van der Waals surface area contributed by atoms with Crippen molar-refractivity contribution >= 4 is 21.8 Å². The number of nitrogens with zero attached hydrogens (tertiary/aromatic N) is 1. The van der Waals surface area contributed by atoms with Gasteiger partial charge in [-0.25, -0.2) is 0 Å². The molecule has 1 fully saturated rings. The van der Waals surface area contributed by atoms with Crippen LogP contribution in [-0.2, 0) is 4.79 Å². The predicted molar refractivity (Wildman–Crippen MR) is 72.1 cm³/mol. The van der Waals surface area contributed by atoms with Crippen molar-refractivity contribution in [1.82, 2.24) is 4.90 Å². The number of carbonyl (C=O) groups is 1. The molecule has 1 aliphatic carbocycles. The lowest BCUT2D eigenvalue weighted by Gasteiger charge is -2.35.